The summed E-state index contributed by atoms with van der Waals surface area (Å²) in [4.78, 5) is 32.8. The average Bonchev–Trinajstić information content (AvgIpc) is 3.33. The summed E-state index contributed by atoms with van der Waals surface area (Å²) >= 11 is 0. The number of aromatic nitrogens is 1. The Morgan fingerprint density at radius 3 is 2.24 bits per heavy atom. The van der Waals surface area contributed by atoms with E-state index in [-0.39, 0.29) is 11.8 Å². The molecule has 2 amide bonds. The number of hydrogen-bond donors (Lipinski definition) is 1. The Balaban J connectivity index is 1.30. The summed E-state index contributed by atoms with van der Waals surface area (Å²) < 4.78 is 5.16. The van der Waals surface area contributed by atoms with Gasteiger partial charge in [0, 0.05) is 32.7 Å². The van der Waals surface area contributed by atoms with Gasteiger partial charge in [-0.1, -0.05) is 30.3 Å². The van der Waals surface area contributed by atoms with Crippen LogP contribution in [0.2, 0.25) is 0 Å². The average molecular weight is 390 g/mol. The van der Waals surface area contributed by atoms with Crippen molar-refractivity contribution in [2.75, 3.05) is 31.5 Å². The first kappa shape index (κ1) is 18.7. The molecule has 1 saturated heterocycles. The van der Waals surface area contributed by atoms with Gasteiger partial charge in [-0.2, -0.15) is 0 Å². The van der Waals surface area contributed by atoms with Gasteiger partial charge in [-0.25, -0.2) is 4.98 Å². The van der Waals surface area contributed by atoms with Crippen LogP contribution in [0.3, 0.4) is 0 Å². The van der Waals surface area contributed by atoms with Crippen LogP contribution in [0.1, 0.15) is 26.6 Å². The van der Waals surface area contributed by atoms with Crippen molar-refractivity contribution >= 4 is 17.5 Å². The molecule has 29 heavy (non-hydrogen) atoms. The van der Waals surface area contributed by atoms with Crippen molar-refractivity contribution in [1.82, 2.24) is 14.8 Å². The lowest BCUT2D eigenvalue weighted by Crippen LogP contribution is -2.50. The minimum absolute atomic E-state index is 0.121. The highest BCUT2D eigenvalue weighted by atomic mass is 16.3. The van der Waals surface area contributed by atoms with Crippen molar-refractivity contribution in [3.8, 4) is 0 Å². The summed E-state index contributed by atoms with van der Waals surface area (Å²) in [5.41, 5.74) is 2.44. The third kappa shape index (κ3) is 4.45. The summed E-state index contributed by atoms with van der Waals surface area (Å²) in [5.74, 6) is 0.0591. The molecule has 0 spiro atoms. The van der Waals surface area contributed by atoms with Crippen LogP contribution >= 0.6 is 0 Å². The van der Waals surface area contributed by atoms with Gasteiger partial charge in [0.25, 0.3) is 11.8 Å². The largest absolute Gasteiger partial charge is 0.459 e. The Morgan fingerprint density at radius 1 is 0.897 bits per heavy atom. The van der Waals surface area contributed by atoms with Gasteiger partial charge >= 0.3 is 0 Å². The highest BCUT2D eigenvalue weighted by Gasteiger charge is 2.27. The maximum Gasteiger partial charge on any atom is 0.289 e. The number of nitrogens with one attached hydrogen (secondary N) is 1. The second-order valence-electron chi connectivity index (χ2n) is 6.83. The lowest BCUT2D eigenvalue weighted by Gasteiger charge is -2.34. The second kappa shape index (κ2) is 8.60. The van der Waals surface area contributed by atoms with Crippen LogP contribution in [-0.4, -0.2) is 52.8 Å². The first-order chi connectivity index (χ1) is 14.2. The predicted molar refractivity (Wildman–Crippen MR) is 109 cm³/mol. The van der Waals surface area contributed by atoms with E-state index in [1.165, 1.54) is 11.8 Å². The number of furan rings is 1. The molecule has 1 fully saturated rings. The molecule has 1 aliphatic heterocycles. The van der Waals surface area contributed by atoms with E-state index in [0.29, 0.717) is 44.2 Å². The number of hydrogen-bond acceptors (Lipinski definition) is 5. The molecule has 7 nitrogen and oxygen atoms in total. The molecule has 3 aromatic rings. The summed E-state index contributed by atoms with van der Waals surface area (Å²) in [6, 6.07) is 17.0. The van der Waals surface area contributed by atoms with Crippen LogP contribution in [0, 0.1) is 0 Å². The zero-order valence-corrected chi connectivity index (χ0v) is 16.0. The highest BCUT2D eigenvalue weighted by molar-refractivity contribution is 5.93. The van der Waals surface area contributed by atoms with Gasteiger partial charge in [0.1, 0.15) is 5.69 Å². The Labute approximate surface area is 169 Å². The number of piperazine rings is 1. The van der Waals surface area contributed by atoms with Crippen molar-refractivity contribution in [2.45, 2.75) is 6.54 Å². The first-order valence-corrected chi connectivity index (χ1v) is 9.56. The summed E-state index contributed by atoms with van der Waals surface area (Å²) in [6.45, 7) is 2.59. The minimum atomic E-state index is -0.144. The van der Waals surface area contributed by atoms with Gasteiger partial charge in [0.15, 0.2) is 5.76 Å². The number of carbonyl (C=O) groups is 2. The van der Waals surface area contributed by atoms with Crippen LogP contribution in [-0.2, 0) is 6.54 Å². The molecule has 3 heterocycles. The summed E-state index contributed by atoms with van der Waals surface area (Å²) in [6.07, 6.45) is 3.16. The Bertz CT molecular complexity index is 947. The predicted octanol–water partition coefficient (Wildman–Crippen LogP) is 2.88. The lowest BCUT2D eigenvalue weighted by atomic mass is 10.2. The van der Waals surface area contributed by atoms with Crippen molar-refractivity contribution in [3.05, 3.63) is 84.1 Å². The van der Waals surface area contributed by atoms with Crippen LogP contribution < -0.4 is 5.32 Å². The quantitative estimate of drug-likeness (QED) is 0.725. The van der Waals surface area contributed by atoms with Crippen molar-refractivity contribution in [1.29, 1.82) is 0 Å². The first-order valence-electron chi connectivity index (χ1n) is 9.56. The van der Waals surface area contributed by atoms with E-state index in [9.17, 15) is 9.59 Å². The number of anilines is 1. The van der Waals surface area contributed by atoms with Crippen LogP contribution in [0.5, 0.6) is 0 Å². The maximum atomic E-state index is 12.7. The van der Waals surface area contributed by atoms with E-state index in [1.54, 1.807) is 34.2 Å². The molecule has 4 rings (SSSR count). The van der Waals surface area contributed by atoms with Crippen molar-refractivity contribution < 1.29 is 14.0 Å². The van der Waals surface area contributed by atoms with E-state index >= 15 is 0 Å². The molecule has 7 heteroatoms. The number of nitrogens with zero attached hydrogens (tertiary/aromatic N) is 3. The fraction of sp³-hybridized carbons (Fsp3) is 0.227. The number of pyridine rings is 1. The number of amides is 2. The summed E-state index contributed by atoms with van der Waals surface area (Å²) in [7, 11) is 0. The fourth-order valence-electron chi connectivity index (χ4n) is 3.26. The third-order valence-electron chi connectivity index (χ3n) is 4.91. The van der Waals surface area contributed by atoms with Gasteiger partial charge in [-0.3, -0.25) is 9.59 Å². The normalized spacial score (nSPS) is 13.9. The van der Waals surface area contributed by atoms with E-state index in [2.05, 4.69) is 22.4 Å². The van der Waals surface area contributed by atoms with Crippen LogP contribution in [0.15, 0.2) is 71.5 Å². The van der Waals surface area contributed by atoms with Gasteiger partial charge in [0.05, 0.1) is 18.1 Å². The third-order valence-corrected chi connectivity index (χ3v) is 4.91. The van der Waals surface area contributed by atoms with E-state index < -0.39 is 0 Å². The molecule has 0 radical (unpaired) electrons. The molecule has 0 saturated carbocycles. The van der Waals surface area contributed by atoms with Gasteiger partial charge < -0.3 is 19.5 Å². The van der Waals surface area contributed by atoms with Crippen molar-refractivity contribution in [2.24, 2.45) is 0 Å². The fourth-order valence-corrected chi connectivity index (χ4v) is 3.26. The molecule has 0 aliphatic carbocycles. The SMILES string of the molecule is O=C(c1ccc(NCc2ccccc2)cn1)N1CCN(C(=O)c2ccco2)CC1. The molecule has 1 N–H and O–H groups in total. The number of rotatable bonds is 5. The van der Waals surface area contributed by atoms with E-state index in [0.717, 1.165) is 5.69 Å². The second-order valence-corrected chi connectivity index (χ2v) is 6.83. The molecule has 0 atom stereocenters. The Kier molecular flexibility index (Phi) is 5.56. The van der Waals surface area contributed by atoms with E-state index in [1.807, 2.05) is 24.3 Å². The number of carbonyl (C=O) groups excluding carboxylic acids is 2. The Morgan fingerprint density at radius 2 is 1.62 bits per heavy atom. The molecular weight excluding hydrogens is 368 g/mol. The molecule has 1 aromatic carbocycles. The molecule has 2 aromatic heterocycles. The summed E-state index contributed by atoms with van der Waals surface area (Å²) in [5, 5.41) is 3.30. The monoisotopic (exact) mass is 390 g/mol. The van der Waals surface area contributed by atoms with E-state index in [4.69, 9.17) is 4.42 Å². The van der Waals surface area contributed by atoms with Gasteiger partial charge in [-0.05, 0) is 29.8 Å². The highest BCUT2D eigenvalue weighted by Crippen LogP contribution is 2.13. The molecule has 0 unspecified atom stereocenters. The lowest BCUT2D eigenvalue weighted by molar-refractivity contribution is 0.0515. The van der Waals surface area contributed by atoms with Crippen LogP contribution in [0.4, 0.5) is 5.69 Å². The van der Waals surface area contributed by atoms with Crippen molar-refractivity contribution in [3.63, 3.8) is 0 Å². The topological polar surface area (TPSA) is 78.7 Å². The molecule has 148 valence electrons. The Hall–Kier alpha value is -3.61. The van der Waals surface area contributed by atoms with Gasteiger partial charge in [0.2, 0.25) is 0 Å². The van der Waals surface area contributed by atoms with Gasteiger partial charge in [-0.15, -0.1) is 0 Å². The zero-order chi connectivity index (χ0) is 20.1. The molecule has 1 aliphatic rings. The standard InChI is InChI=1S/C22H22N4O3/c27-21(25-10-12-26(13-11-25)22(28)20-7-4-14-29-20)19-9-8-18(16-24-19)23-15-17-5-2-1-3-6-17/h1-9,14,16,23H,10-13,15H2. The number of benzene rings is 1. The zero-order valence-electron chi connectivity index (χ0n) is 16.0. The maximum absolute atomic E-state index is 12.7. The molecular formula is C22H22N4O3. The molecule has 0 bridgehead atoms. The minimum Gasteiger partial charge on any atom is -0.459 e. The smallest absolute Gasteiger partial charge is 0.289 e. The van der Waals surface area contributed by atoms with Crippen LogP contribution in [0.25, 0.3) is 0 Å².